The Balaban J connectivity index is 1.39. The molecular weight excluding hydrogens is 404 g/mol. The fourth-order valence-electron chi connectivity index (χ4n) is 3.38. The van der Waals surface area contributed by atoms with Gasteiger partial charge in [0.25, 0.3) is 0 Å². The fourth-order valence-corrected chi connectivity index (χ4v) is 3.38. The molecule has 0 bridgehead atoms. The Bertz CT molecular complexity index is 1310. The van der Waals surface area contributed by atoms with Crippen molar-refractivity contribution in [1.29, 1.82) is 0 Å². The van der Waals surface area contributed by atoms with Crippen LogP contribution >= 0.6 is 0 Å². The first-order chi connectivity index (χ1) is 15.8. The van der Waals surface area contributed by atoms with E-state index in [2.05, 4.69) is 25.6 Å². The maximum absolute atomic E-state index is 12.8. The predicted molar refractivity (Wildman–Crippen MR) is 119 cm³/mol. The minimum Gasteiger partial charge on any atom is -0.464 e. The molecule has 0 atom stereocenters. The van der Waals surface area contributed by atoms with Gasteiger partial charge in [0.1, 0.15) is 23.8 Å². The number of hydrogen-bond donors (Lipinski definition) is 1. The van der Waals surface area contributed by atoms with Gasteiger partial charge < -0.3 is 9.73 Å². The average Bonchev–Trinajstić information content (AvgIpc) is 3.51. The molecule has 1 amide bonds. The lowest BCUT2D eigenvalue weighted by Gasteiger charge is -2.09. The second-order valence-electron chi connectivity index (χ2n) is 7.00. The molecule has 5 rings (SSSR count). The molecule has 8 heteroatoms. The molecule has 8 nitrogen and oxygen atoms in total. The number of anilines is 1. The van der Waals surface area contributed by atoms with Gasteiger partial charge in [-0.1, -0.05) is 35.5 Å². The molecule has 1 aromatic carbocycles. The number of carbonyl (C=O) groups is 1. The van der Waals surface area contributed by atoms with E-state index < -0.39 is 0 Å². The Morgan fingerprint density at radius 3 is 2.47 bits per heavy atom. The molecule has 0 aliphatic rings. The molecule has 0 aliphatic carbocycles. The molecule has 1 N–H and O–H groups in total. The largest absolute Gasteiger partial charge is 0.464 e. The van der Waals surface area contributed by atoms with E-state index in [1.54, 1.807) is 35.6 Å². The van der Waals surface area contributed by atoms with Crippen LogP contribution in [0.25, 0.3) is 33.8 Å². The number of rotatable bonds is 6. The van der Waals surface area contributed by atoms with Crippen LogP contribution in [0.1, 0.15) is 0 Å². The van der Waals surface area contributed by atoms with Crippen LogP contribution in [0.15, 0.2) is 96.0 Å². The van der Waals surface area contributed by atoms with E-state index >= 15 is 0 Å². The number of hydrogen-bond acceptors (Lipinski definition) is 6. The maximum atomic E-state index is 12.8. The van der Waals surface area contributed by atoms with Crippen molar-refractivity contribution in [2.75, 3.05) is 5.32 Å². The molecule has 0 saturated heterocycles. The first-order valence-corrected chi connectivity index (χ1v) is 9.97. The number of aromatic nitrogens is 5. The molecule has 0 fully saturated rings. The number of pyridine rings is 2. The van der Waals surface area contributed by atoms with Crippen molar-refractivity contribution >= 4 is 11.7 Å². The molecule has 0 unspecified atom stereocenters. The first-order valence-electron chi connectivity index (χ1n) is 9.97. The van der Waals surface area contributed by atoms with Gasteiger partial charge in [-0.3, -0.25) is 9.78 Å². The molecule has 156 valence electrons. The second-order valence-corrected chi connectivity index (χ2v) is 7.00. The highest BCUT2D eigenvalue weighted by Gasteiger charge is 2.18. The number of nitrogens with zero attached hydrogens (tertiary/aromatic N) is 5. The van der Waals surface area contributed by atoms with Crippen molar-refractivity contribution in [3.8, 4) is 33.8 Å². The summed E-state index contributed by atoms with van der Waals surface area (Å²) in [6.45, 7) is -0.00999. The standard InChI is InChI=1S/C24H18N6O2/c31-22(27-21-9-8-19(15-26-21)20-7-4-14-32-20)16-30-24(18-5-2-1-3-6-18)23(28-29-30)17-10-12-25-13-11-17/h1-15H,16H2,(H,26,27,31). The highest BCUT2D eigenvalue weighted by molar-refractivity contribution is 5.90. The van der Waals surface area contributed by atoms with Crippen LogP contribution in [-0.2, 0) is 11.3 Å². The number of carbonyl (C=O) groups excluding carboxylic acids is 1. The summed E-state index contributed by atoms with van der Waals surface area (Å²) in [5.41, 5.74) is 4.07. The van der Waals surface area contributed by atoms with Gasteiger partial charge in [-0.05, 0) is 36.4 Å². The van der Waals surface area contributed by atoms with E-state index in [1.807, 2.05) is 60.7 Å². The third kappa shape index (κ3) is 4.01. The van der Waals surface area contributed by atoms with Crippen molar-refractivity contribution in [1.82, 2.24) is 25.0 Å². The third-order valence-corrected chi connectivity index (χ3v) is 4.87. The van der Waals surface area contributed by atoms with Crippen LogP contribution in [-0.4, -0.2) is 30.9 Å². The summed E-state index contributed by atoms with van der Waals surface area (Å²) in [5, 5.41) is 11.4. The molecule has 0 aliphatic heterocycles. The van der Waals surface area contributed by atoms with Gasteiger partial charge in [0, 0.05) is 35.3 Å². The van der Waals surface area contributed by atoms with E-state index in [1.165, 1.54) is 0 Å². The molecule has 32 heavy (non-hydrogen) atoms. The van der Waals surface area contributed by atoms with Gasteiger partial charge in [-0.2, -0.15) is 0 Å². The fraction of sp³-hybridized carbons (Fsp3) is 0.0417. The van der Waals surface area contributed by atoms with E-state index in [9.17, 15) is 4.79 Å². The highest BCUT2D eigenvalue weighted by Crippen LogP contribution is 2.29. The Labute approximate surface area is 183 Å². The van der Waals surface area contributed by atoms with Crippen LogP contribution in [0, 0.1) is 0 Å². The summed E-state index contributed by atoms with van der Waals surface area (Å²) in [6, 6.07) is 20.7. The van der Waals surface area contributed by atoms with E-state index in [0.29, 0.717) is 17.3 Å². The number of benzene rings is 1. The Hall–Kier alpha value is -4.59. The van der Waals surface area contributed by atoms with Gasteiger partial charge >= 0.3 is 0 Å². The zero-order chi connectivity index (χ0) is 21.8. The topological polar surface area (TPSA) is 98.7 Å². The summed E-state index contributed by atoms with van der Waals surface area (Å²) in [7, 11) is 0. The SMILES string of the molecule is O=C(Cn1nnc(-c2ccncc2)c1-c1ccccc1)Nc1ccc(-c2ccco2)cn1. The van der Waals surface area contributed by atoms with Gasteiger partial charge in [0.2, 0.25) is 5.91 Å². The highest BCUT2D eigenvalue weighted by atomic mass is 16.3. The Morgan fingerprint density at radius 1 is 0.906 bits per heavy atom. The van der Waals surface area contributed by atoms with E-state index in [4.69, 9.17) is 4.42 Å². The molecule has 0 saturated carbocycles. The van der Waals surface area contributed by atoms with Crippen LogP contribution in [0.5, 0.6) is 0 Å². The normalized spacial score (nSPS) is 10.8. The Morgan fingerprint density at radius 2 is 1.75 bits per heavy atom. The summed E-state index contributed by atoms with van der Waals surface area (Å²) in [4.78, 5) is 21.1. The van der Waals surface area contributed by atoms with Crippen molar-refractivity contribution in [3.63, 3.8) is 0 Å². The van der Waals surface area contributed by atoms with Gasteiger partial charge in [-0.25, -0.2) is 9.67 Å². The molecule has 0 spiro atoms. The second kappa shape index (κ2) is 8.65. The summed E-state index contributed by atoms with van der Waals surface area (Å²) in [6.07, 6.45) is 6.66. The lowest BCUT2D eigenvalue weighted by atomic mass is 10.1. The van der Waals surface area contributed by atoms with Crippen LogP contribution < -0.4 is 5.32 Å². The minimum atomic E-state index is -0.258. The smallest absolute Gasteiger partial charge is 0.247 e. The van der Waals surface area contributed by atoms with E-state index in [-0.39, 0.29) is 12.5 Å². The van der Waals surface area contributed by atoms with Crippen molar-refractivity contribution < 1.29 is 9.21 Å². The zero-order valence-corrected chi connectivity index (χ0v) is 16.9. The lowest BCUT2D eigenvalue weighted by Crippen LogP contribution is -2.20. The third-order valence-electron chi connectivity index (χ3n) is 4.87. The number of amides is 1. The number of furan rings is 1. The van der Waals surface area contributed by atoms with Crippen LogP contribution in [0.2, 0.25) is 0 Å². The van der Waals surface area contributed by atoms with Crippen molar-refractivity contribution in [3.05, 3.63) is 91.6 Å². The first kappa shape index (κ1) is 19.4. The molecule has 0 radical (unpaired) electrons. The summed E-state index contributed by atoms with van der Waals surface area (Å²) < 4.78 is 6.96. The van der Waals surface area contributed by atoms with Crippen molar-refractivity contribution in [2.24, 2.45) is 0 Å². The van der Waals surface area contributed by atoms with Crippen LogP contribution in [0.4, 0.5) is 5.82 Å². The van der Waals surface area contributed by atoms with Gasteiger partial charge in [0.05, 0.1) is 12.0 Å². The lowest BCUT2D eigenvalue weighted by molar-refractivity contribution is -0.116. The quantitative estimate of drug-likeness (QED) is 0.438. The minimum absolute atomic E-state index is 0.00999. The monoisotopic (exact) mass is 422 g/mol. The molecule has 4 aromatic heterocycles. The zero-order valence-electron chi connectivity index (χ0n) is 16.9. The van der Waals surface area contributed by atoms with E-state index in [0.717, 1.165) is 22.4 Å². The van der Waals surface area contributed by atoms with Gasteiger partial charge in [-0.15, -0.1) is 5.10 Å². The molecule has 5 aromatic rings. The van der Waals surface area contributed by atoms with Crippen molar-refractivity contribution in [2.45, 2.75) is 6.54 Å². The number of nitrogens with one attached hydrogen (secondary N) is 1. The van der Waals surface area contributed by atoms with Gasteiger partial charge in [0.15, 0.2) is 0 Å². The summed E-state index contributed by atoms with van der Waals surface area (Å²) in [5.74, 6) is 0.904. The average molecular weight is 422 g/mol. The molecular formula is C24H18N6O2. The predicted octanol–water partition coefficient (Wildman–Crippen LogP) is 4.30. The Kier molecular flexibility index (Phi) is 5.24. The molecule has 4 heterocycles. The van der Waals surface area contributed by atoms with Crippen LogP contribution in [0.3, 0.4) is 0 Å². The summed E-state index contributed by atoms with van der Waals surface area (Å²) >= 11 is 0. The maximum Gasteiger partial charge on any atom is 0.247 e.